The zero-order valence-corrected chi connectivity index (χ0v) is 21.5. The number of hydrogen-bond donors (Lipinski definition) is 2. The first-order chi connectivity index (χ1) is 17.0. The Kier molecular flexibility index (Phi) is 7.17. The number of aromatic nitrogens is 1. The highest BCUT2D eigenvalue weighted by molar-refractivity contribution is 7.90. The van der Waals surface area contributed by atoms with Crippen LogP contribution in [-0.2, 0) is 9.84 Å². The summed E-state index contributed by atoms with van der Waals surface area (Å²) in [5.74, 6) is -0.692. The average Bonchev–Trinajstić information content (AvgIpc) is 2.85. The molecule has 0 aliphatic rings. The second kappa shape index (κ2) is 10.1. The van der Waals surface area contributed by atoms with Crippen LogP contribution in [0.5, 0.6) is 0 Å². The summed E-state index contributed by atoms with van der Waals surface area (Å²) in [6.07, 6.45) is 2.81. The Morgan fingerprint density at radius 1 is 0.917 bits per heavy atom. The van der Waals surface area contributed by atoms with E-state index in [1.165, 1.54) is 18.2 Å². The molecule has 0 aliphatic carbocycles. The van der Waals surface area contributed by atoms with Crippen LogP contribution in [-0.4, -0.2) is 25.6 Å². The van der Waals surface area contributed by atoms with Crippen molar-refractivity contribution in [1.82, 2.24) is 4.98 Å². The Labute approximate surface area is 219 Å². The van der Waals surface area contributed by atoms with E-state index in [9.17, 15) is 13.2 Å². The second-order valence-corrected chi connectivity index (χ2v) is 10.9. The van der Waals surface area contributed by atoms with Crippen molar-refractivity contribution in [3.05, 3.63) is 107 Å². The number of anilines is 1. The van der Waals surface area contributed by atoms with Gasteiger partial charge in [-0.15, -0.1) is 0 Å². The number of nitrogens with one attached hydrogen (secondary N) is 1. The minimum Gasteiger partial charge on any atom is -0.366 e. The molecule has 0 radical (unpaired) electrons. The molecule has 1 amide bonds. The highest BCUT2D eigenvalue weighted by Crippen LogP contribution is 2.35. The van der Waals surface area contributed by atoms with Gasteiger partial charge in [0.25, 0.3) is 0 Å². The maximum atomic E-state index is 12.3. The Balaban J connectivity index is 1.79. The molecule has 0 spiro atoms. The molecular formula is C27H21Cl2N3O3S. The molecule has 4 rings (SSSR count). The Hall–Kier alpha value is -3.65. The number of nitrogens with zero attached hydrogens (tertiary/aromatic N) is 1. The van der Waals surface area contributed by atoms with E-state index in [4.69, 9.17) is 28.9 Å². The fraction of sp³-hybridized carbons (Fsp3) is 0.0370. The van der Waals surface area contributed by atoms with E-state index < -0.39 is 15.7 Å². The molecule has 9 heteroatoms. The zero-order valence-electron chi connectivity index (χ0n) is 19.1. The van der Waals surface area contributed by atoms with Gasteiger partial charge in [0.2, 0.25) is 5.91 Å². The molecule has 3 N–H and O–H groups in total. The van der Waals surface area contributed by atoms with Crippen molar-refractivity contribution in [2.75, 3.05) is 11.6 Å². The first kappa shape index (κ1) is 25.4. The lowest BCUT2D eigenvalue weighted by Crippen LogP contribution is -2.11. The molecule has 36 heavy (non-hydrogen) atoms. The van der Waals surface area contributed by atoms with Gasteiger partial charge in [-0.1, -0.05) is 48.0 Å². The maximum Gasteiger partial charge on any atom is 0.250 e. The van der Waals surface area contributed by atoms with Crippen LogP contribution >= 0.6 is 23.2 Å². The molecule has 4 aromatic rings. The van der Waals surface area contributed by atoms with E-state index in [1.807, 2.05) is 24.3 Å². The summed E-state index contributed by atoms with van der Waals surface area (Å²) in [5.41, 5.74) is 9.97. The average molecular weight is 538 g/mol. The van der Waals surface area contributed by atoms with Crippen molar-refractivity contribution in [1.29, 1.82) is 0 Å². The Morgan fingerprint density at radius 2 is 1.67 bits per heavy atom. The normalized spacial score (nSPS) is 11.2. The molecule has 1 heterocycles. The molecule has 1 aromatic heterocycles. The monoisotopic (exact) mass is 537 g/mol. The zero-order chi connectivity index (χ0) is 26.0. The Morgan fingerprint density at radius 3 is 2.33 bits per heavy atom. The maximum absolute atomic E-state index is 12.3. The first-order valence-electron chi connectivity index (χ1n) is 10.7. The number of sulfone groups is 1. The molecular weight excluding hydrogens is 517 g/mol. The quantitative estimate of drug-likeness (QED) is 0.287. The van der Waals surface area contributed by atoms with E-state index in [0.717, 1.165) is 17.5 Å². The van der Waals surface area contributed by atoms with Crippen LogP contribution < -0.4 is 11.1 Å². The lowest BCUT2D eigenvalue weighted by molar-refractivity contribution is 0.100. The molecule has 0 saturated carbocycles. The van der Waals surface area contributed by atoms with Gasteiger partial charge in [0.05, 0.1) is 26.2 Å². The van der Waals surface area contributed by atoms with E-state index in [-0.39, 0.29) is 15.5 Å². The molecule has 0 bridgehead atoms. The van der Waals surface area contributed by atoms with Crippen LogP contribution in [0, 0.1) is 0 Å². The van der Waals surface area contributed by atoms with Crippen LogP contribution in [0.2, 0.25) is 10.0 Å². The number of carbonyl (C=O) groups is 1. The van der Waals surface area contributed by atoms with Crippen molar-refractivity contribution in [3.8, 4) is 22.4 Å². The molecule has 6 nitrogen and oxygen atoms in total. The first-order valence-corrected chi connectivity index (χ1v) is 13.3. The number of pyridine rings is 1. The standard InChI is InChI=1S/C27H21Cl2N3O3S/c1-16(32-18-7-11-24(28)22(14-18)26-5-3-4-12-31-26)20-9-8-19(36(2,34)35)15-21(20)17-6-10-25(29)23(13-17)27(30)33/h3-15,32H,1H2,2H3,(H2,30,33). The van der Waals surface area contributed by atoms with Crippen LogP contribution in [0.4, 0.5) is 5.69 Å². The number of hydrogen-bond acceptors (Lipinski definition) is 5. The van der Waals surface area contributed by atoms with Crippen molar-refractivity contribution in [3.63, 3.8) is 0 Å². The topological polar surface area (TPSA) is 102 Å². The highest BCUT2D eigenvalue weighted by atomic mass is 35.5. The van der Waals surface area contributed by atoms with Crippen molar-refractivity contribution in [2.24, 2.45) is 5.73 Å². The lowest BCUT2D eigenvalue weighted by Gasteiger charge is -2.17. The number of nitrogens with two attached hydrogens (primary N) is 1. The van der Waals surface area contributed by atoms with Crippen LogP contribution in [0.25, 0.3) is 28.1 Å². The number of carbonyl (C=O) groups excluding carboxylic acids is 1. The molecule has 3 aromatic carbocycles. The summed E-state index contributed by atoms with van der Waals surface area (Å²) in [6.45, 7) is 4.17. The summed E-state index contributed by atoms with van der Waals surface area (Å²) in [7, 11) is -3.50. The van der Waals surface area contributed by atoms with Crippen molar-refractivity contribution in [2.45, 2.75) is 4.90 Å². The summed E-state index contributed by atoms with van der Waals surface area (Å²) >= 11 is 12.5. The fourth-order valence-corrected chi connectivity index (χ4v) is 4.77. The molecule has 0 unspecified atom stereocenters. The van der Waals surface area contributed by atoms with Gasteiger partial charge in [0.1, 0.15) is 0 Å². The van der Waals surface area contributed by atoms with Crippen LogP contribution in [0.3, 0.4) is 0 Å². The predicted molar refractivity (Wildman–Crippen MR) is 146 cm³/mol. The number of amides is 1. The van der Waals surface area contributed by atoms with Crippen LogP contribution in [0.1, 0.15) is 15.9 Å². The Bertz CT molecular complexity index is 1600. The third-order valence-electron chi connectivity index (χ3n) is 5.49. The van der Waals surface area contributed by atoms with E-state index in [0.29, 0.717) is 33.1 Å². The number of primary amides is 1. The minimum atomic E-state index is -3.50. The predicted octanol–water partition coefficient (Wildman–Crippen LogP) is 6.31. The van der Waals surface area contributed by atoms with E-state index in [2.05, 4.69) is 16.9 Å². The fourth-order valence-electron chi connectivity index (χ4n) is 3.70. The van der Waals surface area contributed by atoms with Gasteiger partial charge in [-0.2, -0.15) is 0 Å². The van der Waals surface area contributed by atoms with Crippen molar-refractivity contribution >= 4 is 50.3 Å². The van der Waals surface area contributed by atoms with E-state index in [1.54, 1.807) is 36.5 Å². The van der Waals surface area contributed by atoms with Gasteiger partial charge in [0.15, 0.2) is 9.84 Å². The van der Waals surface area contributed by atoms with E-state index >= 15 is 0 Å². The van der Waals surface area contributed by atoms with Gasteiger partial charge in [-0.05, 0) is 65.7 Å². The smallest absolute Gasteiger partial charge is 0.250 e. The summed E-state index contributed by atoms with van der Waals surface area (Å²) in [4.78, 5) is 16.3. The van der Waals surface area contributed by atoms with Gasteiger partial charge < -0.3 is 11.1 Å². The van der Waals surface area contributed by atoms with Gasteiger partial charge in [-0.25, -0.2) is 8.42 Å². The summed E-state index contributed by atoms with van der Waals surface area (Å²) in [5, 5.41) is 4.01. The largest absolute Gasteiger partial charge is 0.366 e. The SMILES string of the molecule is C=C(Nc1ccc(Cl)c(-c2ccccn2)c1)c1ccc(S(C)(=O)=O)cc1-c1ccc(Cl)c(C(N)=O)c1. The molecule has 182 valence electrons. The van der Waals surface area contributed by atoms with Gasteiger partial charge in [-0.3, -0.25) is 9.78 Å². The lowest BCUT2D eigenvalue weighted by atomic mass is 9.96. The summed E-state index contributed by atoms with van der Waals surface area (Å²) < 4.78 is 24.5. The van der Waals surface area contributed by atoms with Gasteiger partial charge in [0, 0.05) is 35.0 Å². The molecule has 0 aliphatic heterocycles. The number of rotatable bonds is 7. The molecule has 0 fully saturated rings. The van der Waals surface area contributed by atoms with Crippen molar-refractivity contribution < 1.29 is 13.2 Å². The highest BCUT2D eigenvalue weighted by Gasteiger charge is 2.17. The third-order valence-corrected chi connectivity index (χ3v) is 7.26. The molecule has 0 saturated heterocycles. The number of halogens is 2. The van der Waals surface area contributed by atoms with Crippen LogP contribution in [0.15, 0.2) is 90.5 Å². The minimum absolute atomic E-state index is 0.119. The molecule has 0 atom stereocenters. The summed E-state index contributed by atoms with van der Waals surface area (Å²) in [6, 6.07) is 20.4. The third kappa shape index (κ3) is 5.44. The number of benzene rings is 3. The second-order valence-electron chi connectivity index (χ2n) is 8.05. The van der Waals surface area contributed by atoms with Gasteiger partial charge >= 0.3 is 0 Å².